The van der Waals surface area contributed by atoms with E-state index in [1.165, 1.54) is 6.07 Å². The van der Waals surface area contributed by atoms with Crippen molar-refractivity contribution in [2.24, 2.45) is 0 Å². The molecule has 0 aromatic heterocycles. The monoisotopic (exact) mass is 340 g/mol. The van der Waals surface area contributed by atoms with Crippen molar-refractivity contribution in [1.82, 2.24) is 5.32 Å². The number of carboxylic acids is 1. The van der Waals surface area contributed by atoms with Crippen molar-refractivity contribution < 1.29 is 14.7 Å². The number of hydrogen-bond acceptors (Lipinski definition) is 3. The van der Waals surface area contributed by atoms with E-state index in [2.05, 4.69) is 26.6 Å². The molecular weight excluding hydrogens is 324 g/mol. The number of amides is 1. The molecule has 2 rings (SSSR count). The number of rotatable bonds is 4. The average Bonchev–Trinajstić information content (AvgIpc) is 2.88. The number of anilines is 1. The lowest BCUT2D eigenvalue weighted by Gasteiger charge is -2.27. The van der Waals surface area contributed by atoms with Gasteiger partial charge in [0, 0.05) is 4.47 Å². The maximum Gasteiger partial charge on any atom is 0.337 e. The van der Waals surface area contributed by atoms with Crippen molar-refractivity contribution in [3.63, 3.8) is 0 Å². The van der Waals surface area contributed by atoms with E-state index in [1.54, 1.807) is 12.1 Å². The second-order valence-corrected chi connectivity index (χ2v) is 5.83. The van der Waals surface area contributed by atoms with Crippen LogP contribution in [0.5, 0.6) is 0 Å². The molecule has 0 saturated carbocycles. The molecule has 1 saturated heterocycles. The summed E-state index contributed by atoms with van der Waals surface area (Å²) in [5.41, 5.74) is -0.179. The summed E-state index contributed by atoms with van der Waals surface area (Å²) in [4.78, 5) is 23.7. The zero-order valence-corrected chi connectivity index (χ0v) is 12.8. The fourth-order valence-corrected chi connectivity index (χ4v) is 2.87. The van der Waals surface area contributed by atoms with E-state index in [-0.39, 0.29) is 11.5 Å². The number of benzene rings is 1. The van der Waals surface area contributed by atoms with Gasteiger partial charge >= 0.3 is 5.97 Å². The molecule has 5 nitrogen and oxygen atoms in total. The predicted octanol–water partition coefficient (Wildman–Crippen LogP) is 2.62. The van der Waals surface area contributed by atoms with Crippen molar-refractivity contribution >= 4 is 33.5 Å². The Morgan fingerprint density at radius 3 is 2.80 bits per heavy atom. The number of carboxylic acid groups (broad SMARTS) is 1. The molecule has 3 N–H and O–H groups in total. The molecule has 1 unspecified atom stereocenters. The number of carbonyl (C=O) groups excluding carboxylic acids is 1. The lowest BCUT2D eigenvalue weighted by molar-refractivity contribution is -0.122. The lowest BCUT2D eigenvalue weighted by atomic mass is 9.93. The first-order valence-electron chi connectivity index (χ1n) is 6.58. The highest BCUT2D eigenvalue weighted by atomic mass is 79.9. The molecular formula is C14H17BrN2O3. The zero-order valence-electron chi connectivity index (χ0n) is 11.2. The Bertz CT molecular complexity index is 539. The average molecular weight is 341 g/mol. The van der Waals surface area contributed by atoms with Crippen LogP contribution in [0.2, 0.25) is 0 Å². The van der Waals surface area contributed by atoms with E-state index >= 15 is 0 Å². The summed E-state index contributed by atoms with van der Waals surface area (Å²) in [6, 6.07) is 4.73. The Hall–Kier alpha value is -1.40. The second-order valence-electron chi connectivity index (χ2n) is 4.92. The van der Waals surface area contributed by atoms with Crippen molar-refractivity contribution in [3.8, 4) is 0 Å². The van der Waals surface area contributed by atoms with Crippen LogP contribution in [0.4, 0.5) is 5.69 Å². The lowest BCUT2D eigenvalue weighted by Crippen LogP contribution is -2.50. The summed E-state index contributed by atoms with van der Waals surface area (Å²) >= 11 is 3.29. The first kappa shape index (κ1) is 15.0. The van der Waals surface area contributed by atoms with Crippen LogP contribution in [0.25, 0.3) is 0 Å². The Balaban J connectivity index is 2.27. The minimum absolute atomic E-state index is 0.0887. The van der Waals surface area contributed by atoms with Gasteiger partial charge in [-0.2, -0.15) is 0 Å². The Morgan fingerprint density at radius 2 is 2.25 bits per heavy atom. The van der Waals surface area contributed by atoms with Crippen molar-refractivity contribution in [1.29, 1.82) is 0 Å². The summed E-state index contributed by atoms with van der Waals surface area (Å²) in [6.07, 6.45) is 2.40. The van der Waals surface area contributed by atoms with Crippen LogP contribution in [-0.4, -0.2) is 29.1 Å². The number of halogens is 1. The van der Waals surface area contributed by atoms with Gasteiger partial charge in [0.05, 0.1) is 16.8 Å². The van der Waals surface area contributed by atoms with Crippen LogP contribution in [0.1, 0.15) is 36.5 Å². The molecule has 0 spiro atoms. The molecule has 0 aliphatic carbocycles. The molecule has 1 aliphatic heterocycles. The third-order valence-electron chi connectivity index (χ3n) is 3.74. The summed E-state index contributed by atoms with van der Waals surface area (Å²) in [6.45, 7) is 2.77. The van der Waals surface area contributed by atoms with Gasteiger partial charge in [-0.3, -0.25) is 4.79 Å². The SMILES string of the molecule is CCC1(C(=O)Nc2cc(Br)ccc2C(=O)O)CCCN1. The third-order valence-corrected chi connectivity index (χ3v) is 4.24. The maximum atomic E-state index is 12.5. The fourth-order valence-electron chi connectivity index (χ4n) is 2.51. The number of nitrogens with one attached hydrogen (secondary N) is 2. The van der Waals surface area contributed by atoms with E-state index in [0.29, 0.717) is 12.1 Å². The topological polar surface area (TPSA) is 78.4 Å². The molecule has 1 heterocycles. The summed E-state index contributed by atoms with van der Waals surface area (Å²) in [7, 11) is 0. The highest BCUT2D eigenvalue weighted by Gasteiger charge is 2.39. The van der Waals surface area contributed by atoms with Gasteiger partial charge in [-0.25, -0.2) is 4.79 Å². The van der Waals surface area contributed by atoms with Crippen molar-refractivity contribution in [2.45, 2.75) is 31.7 Å². The highest BCUT2D eigenvalue weighted by molar-refractivity contribution is 9.10. The van der Waals surface area contributed by atoms with Gasteiger partial charge in [0.25, 0.3) is 0 Å². The zero-order chi connectivity index (χ0) is 14.8. The van der Waals surface area contributed by atoms with Crippen LogP contribution in [-0.2, 0) is 4.79 Å². The first-order valence-corrected chi connectivity index (χ1v) is 7.37. The largest absolute Gasteiger partial charge is 0.478 e. The van der Waals surface area contributed by atoms with Crippen LogP contribution < -0.4 is 10.6 Å². The molecule has 1 aliphatic rings. The third kappa shape index (κ3) is 2.86. The van der Waals surface area contributed by atoms with Gasteiger partial charge in [-0.05, 0) is 44.0 Å². The summed E-state index contributed by atoms with van der Waals surface area (Å²) in [5.74, 6) is -1.23. The molecule has 1 aromatic rings. The van der Waals surface area contributed by atoms with Gasteiger partial charge in [-0.15, -0.1) is 0 Å². The van der Waals surface area contributed by atoms with Gasteiger partial charge in [0.1, 0.15) is 0 Å². The second kappa shape index (κ2) is 5.93. The van der Waals surface area contributed by atoms with E-state index in [4.69, 9.17) is 0 Å². The number of aromatic carboxylic acids is 1. The van der Waals surface area contributed by atoms with Gasteiger partial charge in [-0.1, -0.05) is 22.9 Å². The van der Waals surface area contributed by atoms with Crippen LogP contribution in [0.3, 0.4) is 0 Å². The molecule has 108 valence electrons. The van der Waals surface area contributed by atoms with E-state index in [0.717, 1.165) is 23.9 Å². The smallest absolute Gasteiger partial charge is 0.337 e. The quantitative estimate of drug-likeness (QED) is 0.787. The predicted molar refractivity (Wildman–Crippen MR) is 80.0 cm³/mol. The normalized spacial score (nSPS) is 21.7. The molecule has 1 aromatic carbocycles. The van der Waals surface area contributed by atoms with Gasteiger partial charge in [0.2, 0.25) is 5.91 Å². The summed E-state index contributed by atoms with van der Waals surface area (Å²) in [5, 5.41) is 15.2. The Morgan fingerprint density at radius 1 is 1.50 bits per heavy atom. The molecule has 1 amide bonds. The van der Waals surface area contributed by atoms with E-state index in [9.17, 15) is 14.7 Å². The van der Waals surface area contributed by atoms with Gasteiger partial charge < -0.3 is 15.7 Å². The van der Waals surface area contributed by atoms with Crippen LogP contribution >= 0.6 is 15.9 Å². The van der Waals surface area contributed by atoms with Crippen LogP contribution in [0.15, 0.2) is 22.7 Å². The molecule has 6 heteroatoms. The molecule has 0 bridgehead atoms. The molecule has 0 radical (unpaired) electrons. The Kier molecular flexibility index (Phi) is 4.45. The number of hydrogen-bond donors (Lipinski definition) is 3. The van der Waals surface area contributed by atoms with Crippen molar-refractivity contribution in [2.75, 3.05) is 11.9 Å². The van der Waals surface area contributed by atoms with E-state index < -0.39 is 11.5 Å². The molecule has 1 fully saturated rings. The maximum absolute atomic E-state index is 12.5. The first-order chi connectivity index (χ1) is 9.48. The molecule has 20 heavy (non-hydrogen) atoms. The standard InChI is InChI=1S/C14H17BrN2O3/c1-2-14(6-3-7-16-14)13(20)17-11-8-9(15)4-5-10(11)12(18)19/h4-5,8,16H,2-3,6-7H2,1H3,(H,17,20)(H,18,19). The minimum Gasteiger partial charge on any atom is -0.478 e. The minimum atomic E-state index is -1.06. The van der Waals surface area contributed by atoms with Crippen LogP contribution in [0, 0.1) is 0 Å². The molecule has 1 atom stereocenters. The highest BCUT2D eigenvalue weighted by Crippen LogP contribution is 2.27. The van der Waals surface area contributed by atoms with E-state index in [1.807, 2.05) is 6.92 Å². The van der Waals surface area contributed by atoms with Gasteiger partial charge in [0.15, 0.2) is 0 Å². The summed E-state index contributed by atoms with van der Waals surface area (Å²) < 4.78 is 0.725. The fraction of sp³-hybridized carbons (Fsp3) is 0.429. The number of carbonyl (C=O) groups is 2. The Labute approximate surface area is 125 Å². The van der Waals surface area contributed by atoms with Crippen molar-refractivity contribution in [3.05, 3.63) is 28.2 Å².